The molecule has 1 aromatic heterocycles. The number of nitrogens with one attached hydrogen (secondary N) is 1. The van der Waals surface area contributed by atoms with Crippen LogP contribution in [0.5, 0.6) is 0 Å². The SMILES string of the molecule is C1=C(c2cscn2)CCCN1. The van der Waals surface area contributed by atoms with E-state index in [1.54, 1.807) is 11.3 Å². The van der Waals surface area contributed by atoms with E-state index < -0.39 is 0 Å². The standard InChI is InChI=1S/C8H10N2S/c1-2-7(4-9-3-1)8-5-11-6-10-8/h4-6,9H,1-3H2. The fourth-order valence-corrected chi connectivity index (χ4v) is 1.80. The summed E-state index contributed by atoms with van der Waals surface area (Å²) in [6, 6.07) is 0. The first-order valence-electron chi connectivity index (χ1n) is 3.78. The number of thiazole rings is 1. The molecule has 2 heterocycles. The van der Waals surface area contributed by atoms with Gasteiger partial charge in [-0.05, 0) is 18.4 Å². The van der Waals surface area contributed by atoms with Gasteiger partial charge in [0.05, 0.1) is 11.2 Å². The summed E-state index contributed by atoms with van der Waals surface area (Å²) in [7, 11) is 0. The molecule has 0 spiro atoms. The highest BCUT2D eigenvalue weighted by molar-refractivity contribution is 7.07. The van der Waals surface area contributed by atoms with Crippen LogP contribution in [-0.4, -0.2) is 11.5 Å². The van der Waals surface area contributed by atoms with Crippen LogP contribution in [0.15, 0.2) is 17.1 Å². The molecule has 0 radical (unpaired) electrons. The molecule has 1 aliphatic rings. The van der Waals surface area contributed by atoms with E-state index in [-0.39, 0.29) is 0 Å². The molecule has 0 atom stereocenters. The van der Waals surface area contributed by atoms with Crippen molar-refractivity contribution in [2.45, 2.75) is 12.8 Å². The molecule has 1 aromatic rings. The van der Waals surface area contributed by atoms with Crippen LogP contribution in [0.2, 0.25) is 0 Å². The number of hydrogen-bond acceptors (Lipinski definition) is 3. The Morgan fingerprint density at radius 2 is 2.55 bits per heavy atom. The first-order valence-corrected chi connectivity index (χ1v) is 4.72. The zero-order valence-corrected chi connectivity index (χ0v) is 7.03. The van der Waals surface area contributed by atoms with Gasteiger partial charge in [0.2, 0.25) is 0 Å². The van der Waals surface area contributed by atoms with Crippen molar-refractivity contribution in [3.63, 3.8) is 0 Å². The molecule has 0 fully saturated rings. The minimum absolute atomic E-state index is 1.10. The van der Waals surface area contributed by atoms with E-state index in [1.807, 2.05) is 5.51 Å². The van der Waals surface area contributed by atoms with Crippen molar-refractivity contribution in [3.8, 4) is 0 Å². The zero-order chi connectivity index (χ0) is 7.52. The van der Waals surface area contributed by atoms with Crippen molar-refractivity contribution in [1.82, 2.24) is 10.3 Å². The Labute approximate surface area is 70.0 Å². The number of aromatic nitrogens is 1. The van der Waals surface area contributed by atoms with Gasteiger partial charge in [0.15, 0.2) is 0 Å². The van der Waals surface area contributed by atoms with Gasteiger partial charge in [-0.15, -0.1) is 11.3 Å². The van der Waals surface area contributed by atoms with Crippen LogP contribution in [0.3, 0.4) is 0 Å². The predicted molar refractivity (Wildman–Crippen MR) is 47.3 cm³/mol. The van der Waals surface area contributed by atoms with Crippen molar-refractivity contribution >= 4 is 16.9 Å². The Kier molecular flexibility index (Phi) is 1.90. The minimum atomic E-state index is 1.10. The lowest BCUT2D eigenvalue weighted by Crippen LogP contribution is -2.13. The average Bonchev–Trinajstić information content (AvgIpc) is 2.58. The van der Waals surface area contributed by atoms with Crippen LogP contribution in [0, 0.1) is 0 Å². The highest BCUT2D eigenvalue weighted by Crippen LogP contribution is 2.20. The first kappa shape index (κ1) is 6.85. The summed E-state index contributed by atoms with van der Waals surface area (Å²) in [5.41, 5.74) is 4.37. The third-order valence-corrected chi connectivity index (χ3v) is 2.39. The van der Waals surface area contributed by atoms with Crippen LogP contribution in [0.1, 0.15) is 18.5 Å². The Hall–Kier alpha value is -0.830. The predicted octanol–water partition coefficient (Wildman–Crippen LogP) is 1.87. The van der Waals surface area contributed by atoms with Crippen LogP contribution in [0.25, 0.3) is 5.57 Å². The molecule has 0 saturated heterocycles. The molecule has 0 aliphatic carbocycles. The van der Waals surface area contributed by atoms with Crippen molar-refractivity contribution < 1.29 is 0 Å². The van der Waals surface area contributed by atoms with Crippen molar-refractivity contribution in [2.24, 2.45) is 0 Å². The topological polar surface area (TPSA) is 24.9 Å². The highest BCUT2D eigenvalue weighted by Gasteiger charge is 2.06. The normalized spacial score (nSPS) is 17.3. The molecule has 1 aliphatic heterocycles. The number of hydrogen-bond donors (Lipinski definition) is 1. The van der Waals surface area contributed by atoms with Gasteiger partial charge in [0.25, 0.3) is 0 Å². The molecule has 0 saturated carbocycles. The molecule has 3 heteroatoms. The maximum absolute atomic E-state index is 4.25. The number of nitrogens with zero attached hydrogens (tertiary/aromatic N) is 1. The first-order chi connectivity index (χ1) is 5.47. The molecule has 2 rings (SSSR count). The third-order valence-electron chi connectivity index (χ3n) is 1.80. The van der Waals surface area contributed by atoms with Gasteiger partial charge in [0.1, 0.15) is 0 Å². The zero-order valence-electron chi connectivity index (χ0n) is 6.21. The molecular formula is C8H10N2S. The van der Waals surface area contributed by atoms with Gasteiger partial charge in [-0.2, -0.15) is 0 Å². The van der Waals surface area contributed by atoms with E-state index in [0.29, 0.717) is 0 Å². The van der Waals surface area contributed by atoms with Crippen molar-refractivity contribution in [2.75, 3.05) is 6.54 Å². The second-order valence-electron chi connectivity index (χ2n) is 2.60. The van der Waals surface area contributed by atoms with E-state index in [9.17, 15) is 0 Å². The fraction of sp³-hybridized carbons (Fsp3) is 0.375. The van der Waals surface area contributed by atoms with Gasteiger partial charge in [-0.1, -0.05) is 0 Å². The lowest BCUT2D eigenvalue weighted by Gasteiger charge is -2.11. The molecule has 2 nitrogen and oxygen atoms in total. The highest BCUT2D eigenvalue weighted by atomic mass is 32.1. The maximum Gasteiger partial charge on any atom is 0.0798 e. The van der Waals surface area contributed by atoms with E-state index >= 15 is 0 Å². The molecule has 0 bridgehead atoms. The smallest absolute Gasteiger partial charge is 0.0798 e. The van der Waals surface area contributed by atoms with Gasteiger partial charge in [-0.25, -0.2) is 4.98 Å². The third kappa shape index (κ3) is 1.43. The minimum Gasteiger partial charge on any atom is -0.391 e. The van der Waals surface area contributed by atoms with Crippen LogP contribution < -0.4 is 5.32 Å². The monoisotopic (exact) mass is 166 g/mol. The molecule has 11 heavy (non-hydrogen) atoms. The summed E-state index contributed by atoms with van der Waals surface area (Å²) >= 11 is 1.65. The number of allylic oxidation sites excluding steroid dienone is 1. The summed E-state index contributed by atoms with van der Waals surface area (Å²) in [6.45, 7) is 1.10. The average molecular weight is 166 g/mol. The maximum atomic E-state index is 4.25. The summed E-state index contributed by atoms with van der Waals surface area (Å²) in [6.07, 6.45) is 4.47. The Morgan fingerprint density at radius 3 is 3.18 bits per heavy atom. The van der Waals surface area contributed by atoms with E-state index in [1.165, 1.54) is 12.0 Å². The molecule has 0 amide bonds. The number of rotatable bonds is 1. The lowest BCUT2D eigenvalue weighted by molar-refractivity contribution is 0.738. The quantitative estimate of drug-likeness (QED) is 0.689. The van der Waals surface area contributed by atoms with Gasteiger partial charge in [0, 0.05) is 18.1 Å². The van der Waals surface area contributed by atoms with Gasteiger partial charge < -0.3 is 5.32 Å². The second-order valence-corrected chi connectivity index (χ2v) is 3.32. The Bertz CT molecular complexity index is 251. The van der Waals surface area contributed by atoms with Crippen LogP contribution in [-0.2, 0) is 0 Å². The van der Waals surface area contributed by atoms with E-state index in [2.05, 4.69) is 21.9 Å². The summed E-state index contributed by atoms with van der Waals surface area (Å²) in [4.78, 5) is 4.25. The Balaban J connectivity index is 2.22. The molecule has 58 valence electrons. The fourth-order valence-electron chi connectivity index (χ4n) is 1.22. The molecule has 0 aromatic carbocycles. The second kappa shape index (κ2) is 3.05. The Morgan fingerprint density at radius 1 is 1.55 bits per heavy atom. The van der Waals surface area contributed by atoms with Crippen LogP contribution >= 0.6 is 11.3 Å². The van der Waals surface area contributed by atoms with E-state index in [4.69, 9.17) is 0 Å². The van der Waals surface area contributed by atoms with Gasteiger partial charge in [-0.3, -0.25) is 0 Å². The van der Waals surface area contributed by atoms with Crippen molar-refractivity contribution in [1.29, 1.82) is 0 Å². The summed E-state index contributed by atoms with van der Waals surface area (Å²) in [5.74, 6) is 0. The summed E-state index contributed by atoms with van der Waals surface area (Å²) in [5, 5.41) is 5.32. The molecular weight excluding hydrogens is 156 g/mol. The van der Waals surface area contributed by atoms with E-state index in [0.717, 1.165) is 18.7 Å². The molecule has 1 N–H and O–H groups in total. The largest absolute Gasteiger partial charge is 0.391 e. The lowest BCUT2D eigenvalue weighted by atomic mass is 10.1. The van der Waals surface area contributed by atoms with Crippen LogP contribution in [0.4, 0.5) is 0 Å². The van der Waals surface area contributed by atoms with Crippen molar-refractivity contribution in [3.05, 3.63) is 22.8 Å². The van der Waals surface area contributed by atoms with Gasteiger partial charge >= 0.3 is 0 Å². The molecule has 0 unspecified atom stereocenters. The summed E-state index contributed by atoms with van der Waals surface area (Å²) < 4.78 is 0.